The van der Waals surface area contributed by atoms with Crippen LogP contribution < -0.4 is 11.3 Å². The molecule has 22 heavy (non-hydrogen) atoms. The van der Waals surface area contributed by atoms with Crippen LogP contribution in [-0.2, 0) is 0 Å². The molecule has 0 radical (unpaired) electrons. The molecule has 1 aromatic heterocycles. The summed E-state index contributed by atoms with van der Waals surface area (Å²) in [5, 5.41) is 22.5. The Hall–Kier alpha value is -2.39. The highest BCUT2D eigenvalue weighted by Crippen LogP contribution is 2.33. The van der Waals surface area contributed by atoms with Crippen molar-refractivity contribution in [3.8, 4) is 5.75 Å². The summed E-state index contributed by atoms with van der Waals surface area (Å²) in [6.45, 7) is 0. The fraction of sp³-hybridized carbons (Fsp3) is 0. The number of rotatable bonds is 3. The van der Waals surface area contributed by atoms with E-state index in [1.165, 1.54) is 6.21 Å². The van der Waals surface area contributed by atoms with Gasteiger partial charge in [0.2, 0.25) is 4.77 Å². The van der Waals surface area contributed by atoms with Gasteiger partial charge in [-0.3, -0.25) is 0 Å². The maximum atomic E-state index is 10.2. The van der Waals surface area contributed by atoms with Crippen LogP contribution in [0, 0.1) is 4.77 Å². The fourth-order valence-electron chi connectivity index (χ4n) is 2.00. The Kier molecular flexibility index (Phi) is 3.82. The zero-order chi connectivity index (χ0) is 15.7. The molecule has 5 N–H and O–H groups in total. The van der Waals surface area contributed by atoms with E-state index < -0.39 is 0 Å². The largest absolute Gasteiger partial charge is 0.506 e. The van der Waals surface area contributed by atoms with Crippen LogP contribution in [0.15, 0.2) is 39.9 Å². The first-order valence-electron chi connectivity index (χ1n) is 6.19. The minimum absolute atomic E-state index is 0.107. The number of phenols is 1. The predicted molar refractivity (Wildman–Crippen MR) is 92.1 cm³/mol. The van der Waals surface area contributed by atoms with E-state index in [0.717, 1.165) is 15.4 Å². The van der Waals surface area contributed by atoms with Gasteiger partial charge in [-0.15, -0.1) is 5.10 Å². The van der Waals surface area contributed by atoms with Gasteiger partial charge in [0.05, 0.1) is 10.7 Å². The number of nitrogens with two attached hydrogens (primary N) is 1. The number of benzene rings is 2. The van der Waals surface area contributed by atoms with E-state index in [9.17, 15) is 5.11 Å². The van der Waals surface area contributed by atoms with Crippen molar-refractivity contribution in [2.45, 2.75) is 0 Å². The van der Waals surface area contributed by atoms with Gasteiger partial charge in [0.15, 0.2) is 0 Å². The van der Waals surface area contributed by atoms with Crippen LogP contribution >= 0.6 is 28.1 Å². The molecule has 3 rings (SSSR count). The normalized spacial score (nSPS) is 11.3. The van der Waals surface area contributed by atoms with Gasteiger partial charge in [0.1, 0.15) is 5.75 Å². The van der Waals surface area contributed by atoms with Crippen molar-refractivity contribution in [3.63, 3.8) is 0 Å². The van der Waals surface area contributed by atoms with Crippen LogP contribution in [0.2, 0.25) is 0 Å². The quantitative estimate of drug-likeness (QED) is 0.242. The van der Waals surface area contributed by atoms with E-state index in [-0.39, 0.29) is 16.5 Å². The predicted octanol–water partition coefficient (Wildman–Crippen LogP) is 2.72. The first-order chi connectivity index (χ1) is 10.6. The molecule has 0 amide bonds. The number of aromatic amines is 1. The summed E-state index contributed by atoms with van der Waals surface area (Å²) in [4.78, 5) is 0. The molecule has 1 heterocycles. The van der Waals surface area contributed by atoms with Crippen molar-refractivity contribution >= 4 is 51.1 Å². The highest BCUT2D eigenvalue weighted by atomic mass is 79.9. The Morgan fingerprint density at radius 3 is 2.95 bits per heavy atom. The monoisotopic (exact) mass is 378 g/mol. The number of hydrogen-bond donors (Lipinski definition) is 4. The van der Waals surface area contributed by atoms with Crippen molar-refractivity contribution in [2.24, 2.45) is 5.10 Å². The van der Waals surface area contributed by atoms with E-state index in [4.69, 9.17) is 18.1 Å². The van der Waals surface area contributed by atoms with Gasteiger partial charge in [-0.25, -0.2) is 10.5 Å². The minimum Gasteiger partial charge on any atom is -0.506 e. The molecule has 0 atom stereocenters. The number of phenolic OH excluding ortho intramolecular Hbond substituents is 1. The number of hydrogen-bond acceptors (Lipinski definition) is 6. The van der Waals surface area contributed by atoms with Crippen LogP contribution in [0.5, 0.6) is 5.75 Å². The Morgan fingerprint density at radius 1 is 1.45 bits per heavy atom. The number of nitrogens with one attached hydrogen (secondary N) is 2. The lowest BCUT2D eigenvalue weighted by Crippen LogP contribution is -2.11. The number of aromatic hydroxyl groups is 1. The molecule has 0 aliphatic heterocycles. The average Bonchev–Trinajstić information content (AvgIpc) is 2.83. The van der Waals surface area contributed by atoms with E-state index >= 15 is 0 Å². The third-order valence-electron chi connectivity index (χ3n) is 3.08. The summed E-state index contributed by atoms with van der Waals surface area (Å²) in [6.07, 6.45) is 1.50. The van der Waals surface area contributed by atoms with Gasteiger partial charge in [-0.2, -0.15) is 9.78 Å². The molecule has 0 aliphatic carbocycles. The maximum Gasteiger partial charge on any atom is 0.262 e. The zero-order valence-corrected chi connectivity index (χ0v) is 13.5. The standard InChI is InChI=1S/C13H11BrN6OS/c14-10-5-7-3-1-2-4-8(7)9(11(10)21)6-16-17-12-18-19-13(22)20(12)15/h1-6,21H,15H2,(H,17,18)(H,19,22)/b16-6+. The zero-order valence-electron chi connectivity index (χ0n) is 11.1. The Labute approximate surface area is 138 Å². The maximum absolute atomic E-state index is 10.2. The first kappa shape index (κ1) is 14.5. The van der Waals surface area contributed by atoms with Crippen LogP contribution in [0.3, 0.4) is 0 Å². The summed E-state index contributed by atoms with van der Waals surface area (Å²) in [7, 11) is 0. The van der Waals surface area contributed by atoms with Gasteiger partial charge in [-0.05, 0) is 45.0 Å². The molecule has 2 aromatic carbocycles. The molecule has 0 saturated carbocycles. The SMILES string of the molecule is Nn1c(N/N=C/c2c(O)c(Br)cc3ccccc23)n[nH]c1=S. The summed E-state index contributed by atoms with van der Waals surface area (Å²) >= 11 is 8.23. The number of fused-ring (bicyclic) bond motifs is 1. The molecule has 0 unspecified atom stereocenters. The molecule has 0 aliphatic rings. The van der Waals surface area contributed by atoms with Gasteiger partial charge in [0, 0.05) is 5.56 Å². The molecule has 0 bridgehead atoms. The van der Waals surface area contributed by atoms with Gasteiger partial charge in [-0.1, -0.05) is 24.3 Å². The second-order valence-electron chi connectivity index (χ2n) is 4.43. The van der Waals surface area contributed by atoms with Crippen LogP contribution in [0.1, 0.15) is 5.56 Å². The second kappa shape index (κ2) is 5.78. The number of hydrazone groups is 1. The number of nitrogen functional groups attached to an aromatic ring is 1. The topological polar surface area (TPSA) is 104 Å². The molecule has 0 saturated heterocycles. The summed E-state index contributed by atoms with van der Waals surface area (Å²) < 4.78 is 2.02. The molecular weight excluding hydrogens is 368 g/mol. The third kappa shape index (κ3) is 2.55. The molecule has 112 valence electrons. The smallest absolute Gasteiger partial charge is 0.262 e. The van der Waals surface area contributed by atoms with Crippen molar-refractivity contribution in [2.75, 3.05) is 11.3 Å². The van der Waals surface area contributed by atoms with E-state index in [2.05, 4.69) is 36.7 Å². The lowest BCUT2D eigenvalue weighted by atomic mass is 10.0. The van der Waals surface area contributed by atoms with Crippen molar-refractivity contribution in [1.29, 1.82) is 0 Å². The summed E-state index contributed by atoms with van der Waals surface area (Å²) in [6, 6.07) is 9.53. The minimum atomic E-state index is 0.107. The molecule has 0 fully saturated rings. The third-order valence-corrected chi connectivity index (χ3v) is 3.97. The first-order valence-corrected chi connectivity index (χ1v) is 7.40. The Balaban J connectivity index is 1.99. The lowest BCUT2D eigenvalue weighted by Gasteiger charge is -2.07. The average molecular weight is 379 g/mol. The molecule has 7 nitrogen and oxygen atoms in total. The van der Waals surface area contributed by atoms with E-state index in [1.807, 2.05) is 30.3 Å². The molecule has 3 aromatic rings. The lowest BCUT2D eigenvalue weighted by molar-refractivity contribution is 0.472. The number of aromatic nitrogens is 3. The molecular formula is C13H11BrN6OS. The molecule has 9 heteroatoms. The highest BCUT2D eigenvalue weighted by Gasteiger charge is 2.09. The number of anilines is 1. The van der Waals surface area contributed by atoms with Gasteiger partial charge < -0.3 is 10.9 Å². The van der Waals surface area contributed by atoms with Crippen molar-refractivity contribution < 1.29 is 5.11 Å². The fourth-order valence-corrected chi connectivity index (χ4v) is 2.59. The number of nitrogens with zero attached hydrogens (tertiary/aromatic N) is 3. The Bertz CT molecular complexity index is 932. The molecule has 0 spiro atoms. The van der Waals surface area contributed by atoms with Crippen LogP contribution in [0.4, 0.5) is 5.95 Å². The van der Waals surface area contributed by atoms with Gasteiger partial charge in [0.25, 0.3) is 5.95 Å². The van der Waals surface area contributed by atoms with Crippen molar-refractivity contribution in [3.05, 3.63) is 45.1 Å². The number of halogens is 1. The van der Waals surface area contributed by atoms with E-state index in [1.54, 1.807) is 0 Å². The summed E-state index contributed by atoms with van der Waals surface area (Å²) in [5.41, 5.74) is 3.24. The Morgan fingerprint density at radius 2 is 2.23 bits per heavy atom. The van der Waals surface area contributed by atoms with Crippen LogP contribution in [0.25, 0.3) is 10.8 Å². The summed E-state index contributed by atoms with van der Waals surface area (Å²) in [5.74, 6) is 6.02. The van der Waals surface area contributed by atoms with E-state index in [0.29, 0.717) is 10.0 Å². The van der Waals surface area contributed by atoms with Crippen LogP contribution in [-0.4, -0.2) is 26.2 Å². The van der Waals surface area contributed by atoms with Gasteiger partial charge >= 0.3 is 0 Å². The highest BCUT2D eigenvalue weighted by molar-refractivity contribution is 9.10. The number of H-pyrrole nitrogens is 1. The van der Waals surface area contributed by atoms with Crippen molar-refractivity contribution in [1.82, 2.24) is 14.9 Å². The second-order valence-corrected chi connectivity index (χ2v) is 5.68.